The Balaban J connectivity index is 2.43. The highest BCUT2D eigenvalue weighted by atomic mass is 35.5. The summed E-state index contributed by atoms with van der Waals surface area (Å²) in [7, 11) is 0. The maximum absolute atomic E-state index is 10.2. The van der Waals surface area contributed by atoms with Gasteiger partial charge in [-0.3, -0.25) is 0 Å². The van der Waals surface area contributed by atoms with Crippen LogP contribution >= 0.6 is 11.6 Å². The van der Waals surface area contributed by atoms with E-state index < -0.39 is 11.1 Å². The molecule has 0 unspecified atom stereocenters. The van der Waals surface area contributed by atoms with Gasteiger partial charge >= 0.3 is 5.97 Å². The van der Waals surface area contributed by atoms with E-state index in [4.69, 9.17) is 21.5 Å². The van der Waals surface area contributed by atoms with E-state index in [-0.39, 0.29) is 6.61 Å². The molecule has 0 saturated heterocycles. The molecule has 0 aromatic heterocycles. The van der Waals surface area contributed by atoms with Crippen LogP contribution in [0.2, 0.25) is 0 Å². The average molecular weight is 214 g/mol. The van der Waals surface area contributed by atoms with Gasteiger partial charge < -0.3 is 9.94 Å². The van der Waals surface area contributed by atoms with Crippen molar-refractivity contribution in [1.29, 1.82) is 0 Å². The molecular formula is C9H8ClNO3. The molecule has 14 heavy (non-hydrogen) atoms. The molecule has 0 radical (unpaired) electrons. The SMILES string of the molecule is O=C(O)/C(Cl)=N/OCc1ccccc1. The number of carboxylic acids is 1. The lowest BCUT2D eigenvalue weighted by molar-refractivity contribution is -0.129. The van der Waals surface area contributed by atoms with Crippen molar-refractivity contribution in [1.82, 2.24) is 0 Å². The molecule has 0 bridgehead atoms. The van der Waals surface area contributed by atoms with Crippen LogP contribution in [0.3, 0.4) is 0 Å². The number of carbonyl (C=O) groups is 1. The molecule has 0 fully saturated rings. The summed E-state index contributed by atoms with van der Waals surface area (Å²) in [5, 5.41) is 11.0. The Labute approximate surface area is 85.7 Å². The number of nitrogens with zero attached hydrogens (tertiary/aromatic N) is 1. The van der Waals surface area contributed by atoms with Gasteiger partial charge in [0.2, 0.25) is 0 Å². The van der Waals surface area contributed by atoms with Crippen LogP contribution in [0, 0.1) is 0 Å². The van der Waals surface area contributed by atoms with E-state index in [1.165, 1.54) is 0 Å². The molecule has 1 aromatic carbocycles. The Kier molecular flexibility index (Phi) is 3.94. The summed E-state index contributed by atoms with van der Waals surface area (Å²) in [6.07, 6.45) is 0. The highest BCUT2D eigenvalue weighted by Crippen LogP contribution is 2.01. The number of hydrogen-bond acceptors (Lipinski definition) is 3. The predicted octanol–water partition coefficient (Wildman–Crippen LogP) is 1.84. The summed E-state index contributed by atoms with van der Waals surface area (Å²) in [4.78, 5) is 14.9. The smallest absolute Gasteiger partial charge is 0.369 e. The number of hydrogen-bond donors (Lipinski definition) is 1. The quantitative estimate of drug-likeness (QED) is 0.613. The van der Waals surface area contributed by atoms with Crippen molar-refractivity contribution in [3.8, 4) is 0 Å². The van der Waals surface area contributed by atoms with Gasteiger partial charge in [-0.25, -0.2) is 4.79 Å². The Morgan fingerprint density at radius 1 is 1.43 bits per heavy atom. The zero-order chi connectivity index (χ0) is 10.4. The van der Waals surface area contributed by atoms with Gasteiger partial charge in [-0.15, -0.1) is 0 Å². The van der Waals surface area contributed by atoms with Crippen LogP contribution in [0.4, 0.5) is 0 Å². The van der Waals surface area contributed by atoms with Crippen LogP contribution in [0.5, 0.6) is 0 Å². The van der Waals surface area contributed by atoms with Crippen molar-refractivity contribution >= 4 is 22.7 Å². The highest BCUT2D eigenvalue weighted by Gasteiger charge is 2.04. The lowest BCUT2D eigenvalue weighted by atomic mass is 10.2. The number of halogens is 1. The summed E-state index contributed by atoms with van der Waals surface area (Å²) < 4.78 is 0. The van der Waals surface area contributed by atoms with Gasteiger partial charge in [0.15, 0.2) is 0 Å². The summed E-state index contributed by atoms with van der Waals surface area (Å²) in [5.41, 5.74) is 0.895. The van der Waals surface area contributed by atoms with Crippen molar-refractivity contribution in [2.75, 3.05) is 0 Å². The zero-order valence-corrected chi connectivity index (χ0v) is 7.94. The van der Waals surface area contributed by atoms with Crippen molar-refractivity contribution in [2.24, 2.45) is 5.16 Å². The molecule has 4 nitrogen and oxygen atoms in total. The standard InChI is InChI=1S/C9H8ClNO3/c10-8(9(12)13)11-14-6-7-4-2-1-3-5-7/h1-5H,6H2,(H,12,13)/b11-8-. The van der Waals surface area contributed by atoms with E-state index in [9.17, 15) is 4.79 Å². The largest absolute Gasteiger partial charge is 0.476 e. The van der Waals surface area contributed by atoms with Gasteiger partial charge in [0.25, 0.3) is 5.17 Å². The number of oxime groups is 1. The number of rotatable bonds is 4. The number of aliphatic carboxylic acids is 1. The molecule has 0 aliphatic rings. The zero-order valence-electron chi connectivity index (χ0n) is 7.18. The average Bonchev–Trinajstić information content (AvgIpc) is 2.19. The third kappa shape index (κ3) is 3.45. The van der Waals surface area contributed by atoms with Crippen LogP contribution < -0.4 is 0 Å². The van der Waals surface area contributed by atoms with E-state index >= 15 is 0 Å². The summed E-state index contributed by atoms with van der Waals surface area (Å²) in [5.74, 6) is -1.31. The molecule has 5 heteroatoms. The molecule has 0 spiro atoms. The minimum Gasteiger partial charge on any atom is -0.476 e. The molecule has 0 aliphatic carbocycles. The molecule has 0 heterocycles. The first-order valence-electron chi connectivity index (χ1n) is 3.83. The van der Waals surface area contributed by atoms with Gasteiger partial charge in [-0.1, -0.05) is 47.1 Å². The first-order valence-corrected chi connectivity index (χ1v) is 4.20. The summed E-state index contributed by atoms with van der Waals surface area (Å²) in [6, 6.07) is 9.24. The van der Waals surface area contributed by atoms with E-state index in [2.05, 4.69) is 5.16 Å². The molecule has 1 N–H and O–H groups in total. The van der Waals surface area contributed by atoms with Gasteiger partial charge in [-0.05, 0) is 5.56 Å². The molecule has 0 atom stereocenters. The van der Waals surface area contributed by atoms with E-state index in [0.29, 0.717) is 0 Å². The van der Waals surface area contributed by atoms with Crippen LogP contribution in [0.1, 0.15) is 5.56 Å². The maximum atomic E-state index is 10.2. The Hall–Kier alpha value is -1.55. The van der Waals surface area contributed by atoms with E-state index in [1.807, 2.05) is 30.3 Å². The van der Waals surface area contributed by atoms with Crippen LogP contribution in [-0.4, -0.2) is 16.2 Å². The summed E-state index contributed by atoms with van der Waals surface area (Å²) >= 11 is 5.21. The van der Waals surface area contributed by atoms with Crippen molar-refractivity contribution < 1.29 is 14.7 Å². The van der Waals surface area contributed by atoms with E-state index in [1.54, 1.807) is 0 Å². The van der Waals surface area contributed by atoms with Gasteiger partial charge in [0.05, 0.1) is 0 Å². The second-order valence-corrected chi connectivity index (χ2v) is 2.80. The lowest BCUT2D eigenvalue weighted by Crippen LogP contribution is -2.05. The molecule has 74 valence electrons. The topological polar surface area (TPSA) is 58.9 Å². The lowest BCUT2D eigenvalue weighted by Gasteiger charge is -1.98. The molecule has 0 saturated carbocycles. The Bertz CT molecular complexity index is 337. The van der Waals surface area contributed by atoms with Crippen molar-refractivity contribution in [3.63, 3.8) is 0 Å². The van der Waals surface area contributed by atoms with Crippen molar-refractivity contribution in [2.45, 2.75) is 6.61 Å². The van der Waals surface area contributed by atoms with Gasteiger partial charge in [-0.2, -0.15) is 0 Å². The van der Waals surface area contributed by atoms with Crippen LogP contribution in [0.15, 0.2) is 35.5 Å². The number of benzene rings is 1. The Morgan fingerprint density at radius 2 is 2.07 bits per heavy atom. The number of carboxylic acid groups (broad SMARTS) is 1. The van der Waals surface area contributed by atoms with E-state index in [0.717, 1.165) is 5.56 Å². The molecule has 1 rings (SSSR count). The summed E-state index contributed by atoms with van der Waals surface area (Å²) in [6.45, 7) is 0.199. The van der Waals surface area contributed by atoms with Gasteiger partial charge in [0.1, 0.15) is 6.61 Å². The fourth-order valence-electron chi connectivity index (χ4n) is 0.777. The normalized spacial score (nSPS) is 11.1. The first-order chi connectivity index (χ1) is 6.70. The Morgan fingerprint density at radius 3 is 2.64 bits per heavy atom. The van der Waals surface area contributed by atoms with Crippen LogP contribution in [0.25, 0.3) is 0 Å². The fourth-order valence-corrected chi connectivity index (χ4v) is 0.826. The third-order valence-corrected chi connectivity index (χ3v) is 1.63. The fraction of sp³-hybridized carbons (Fsp3) is 0.111. The molecule has 0 amide bonds. The molecular weight excluding hydrogens is 206 g/mol. The first kappa shape index (κ1) is 10.5. The third-order valence-electron chi connectivity index (χ3n) is 1.40. The molecule has 0 aliphatic heterocycles. The highest BCUT2D eigenvalue weighted by molar-refractivity contribution is 6.81. The second kappa shape index (κ2) is 5.24. The minimum absolute atomic E-state index is 0.199. The van der Waals surface area contributed by atoms with Gasteiger partial charge in [0, 0.05) is 0 Å². The molecule has 1 aromatic rings. The maximum Gasteiger partial charge on any atom is 0.369 e. The predicted molar refractivity (Wildman–Crippen MR) is 52.2 cm³/mol. The minimum atomic E-state index is -1.31. The van der Waals surface area contributed by atoms with Crippen molar-refractivity contribution in [3.05, 3.63) is 35.9 Å². The monoisotopic (exact) mass is 213 g/mol. The van der Waals surface area contributed by atoms with Crippen LogP contribution in [-0.2, 0) is 16.2 Å². The second-order valence-electron chi connectivity index (χ2n) is 2.45.